The quantitative estimate of drug-likeness (QED) is 0.145. The first-order chi connectivity index (χ1) is 28.2. The second kappa shape index (κ2) is 18.7. The highest BCUT2D eigenvalue weighted by Crippen LogP contribution is 2.24. The fourth-order valence-corrected chi connectivity index (χ4v) is 8.19. The van der Waals surface area contributed by atoms with Gasteiger partial charge in [-0.2, -0.15) is 9.97 Å². The smallest absolute Gasteiger partial charge is 0.332 e. The van der Waals surface area contributed by atoms with Gasteiger partial charge in [0.2, 0.25) is 11.9 Å². The molecule has 0 radical (unpaired) electrons. The van der Waals surface area contributed by atoms with Crippen LogP contribution in [0.15, 0.2) is 73.8 Å². The van der Waals surface area contributed by atoms with Crippen LogP contribution < -0.4 is 42.9 Å². The van der Waals surface area contributed by atoms with E-state index in [9.17, 15) is 24.3 Å². The summed E-state index contributed by atoms with van der Waals surface area (Å²) in [4.78, 5) is 67.2. The van der Waals surface area contributed by atoms with E-state index in [0.29, 0.717) is 47.8 Å². The van der Waals surface area contributed by atoms with E-state index in [1.165, 1.54) is 19.3 Å². The highest BCUT2D eigenvalue weighted by molar-refractivity contribution is 14.1. The molecule has 6 heterocycles. The number of nitrogens with zero attached hydrogens (tertiary/aromatic N) is 9. The third kappa shape index (κ3) is 8.69. The summed E-state index contributed by atoms with van der Waals surface area (Å²) in [5.74, 6) is 1.47. The Morgan fingerprint density at radius 1 is 0.707 bits per heavy atom. The van der Waals surface area contributed by atoms with Crippen LogP contribution in [0.5, 0.6) is 0 Å². The minimum absolute atomic E-state index is 0.0822. The Bertz CT molecular complexity index is 2590. The van der Waals surface area contributed by atoms with Crippen molar-refractivity contribution in [2.24, 2.45) is 14.1 Å². The lowest BCUT2D eigenvalue weighted by Gasteiger charge is -2.22. The lowest BCUT2D eigenvalue weighted by atomic mass is 10.1. The van der Waals surface area contributed by atoms with Gasteiger partial charge >= 0.3 is 11.4 Å². The normalized spacial score (nSPS) is 15.0. The van der Waals surface area contributed by atoms with Gasteiger partial charge in [-0.1, -0.05) is 48.5 Å². The van der Waals surface area contributed by atoms with E-state index in [4.69, 9.17) is 9.97 Å². The minimum atomic E-state index is -0.440. The average Bonchev–Trinajstić information content (AvgIpc) is 3.50. The molecule has 17 nitrogen and oxygen atoms in total. The Kier molecular flexibility index (Phi) is 13.2. The molecule has 0 spiro atoms. The second-order valence-electron chi connectivity index (χ2n) is 14.6. The molecule has 2 aliphatic rings. The Morgan fingerprint density at radius 2 is 1.33 bits per heavy atom. The molecule has 308 valence electrons. The minimum Gasteiger partial charge on any atom is -0.396 e. The largest absolute Gasteiger partial charge is 0.396 e. The highest BCUT2D eigenvalue weighted by atomic mass is 127. The number of halogens is 1. The van der Waals surface area contributed by atoms with Gasteiger partial charge in [-0.05, 0) is 78.6 Å². The number of H-pyrrole nitrogens is 1. The Hall–Kier alpha value is -5.05. The van der Waals surface area contributed by atoms with Gasteiger partial charge in [-0.3, -0.25) is 32.8 Å². The summed E-state index contributed by atoms with van der Waals surface area (Å²) < 4.78 is 9.09. The first-order valence-corrected chi connectivity index (χ1v) is 20.9. The molecule has 4 N–H and O–H groups in total. The number of hydrogen-bond acceptors (Lipinski definition) is 11. The predicted octanol–water partition coefficient (Wildman–Crippen LogP) is 1.20. The number of aliphatic hydroxyl groups is 1. The zero-order valence-corrected chi connectivity index (χ0v) is 35.2. The van der Waals surface area contributed by atoms with Crippen molar-refractivity contribution in [3.05, 3.63) is 111 Å². The molecule has 0 amide bonds. The first-order valence-electron chi connectivity index (χ1n) is 19.9. The number of aryl methyl sites for hydroxylation is 4. The van der Waals surface area contributed by atoms with E-state index in [1.54, 1.807) is 14.1 Å². The fourth-order valence-electron chi connectivity index (χ4n) is 7.63. The topological polar surface area (TPSA) is 185 Å². The van der Waals surface area contributed by atoms with Gasteiger partial charge in [-0.25, -0.2) is 9.59 Å². The lowest BCUT2D eigenvalue weighted by molar-refractivity contribution is 0.277. The van der Waals surface area contributed by atoms with Crippen molar-refractivity contribution in [1.29, 1.82) is 0 Å². The van der Waals surface area contributed by atoms with Crippen LogP contribution in [-0.2, 0) is 40.2 Å². The van der Waals surface area contributed by atoms with Crippen molar-refractivity contribution in [1.82, 2.24) is 48.4 Å². The van der Waals surface area contributed by atoms with E-state index in [-0.39, 0.29) is 24.3 Å². The lowest BCUT2D eigenvalue weighted by Crippen LogP contribution is -2.40. The van der Waals surface area contributed by atoms with E-state index in [0.717, 1.165) is 86.7 Å². The monoisotopic (exact) mass is 906 g/mol. The molecule has 2 fully saturated rings. The Morgan fingerprint density at radius 3 is 1.98 bits per heavy atom. The first kappa shape index (κ1) is 41.1. The zero-order chi connectivity index (χ0) is 40.8. The number of nitrogens with one attached hydrogen (secondary N) is 3. The third-order valence-corrected chi connectivity index (χ3v) is 11.8. The molecule has 0 saturated carbocycles. The molecule has 18 heteroatoms. The molecule has 2 saturated heterocycles. The van der Waals surface area contributed by atoms with Crippen LogP contribution in [0, 0.1) is 3.57 Å². The van der Waals surface area contributed by atoms with Crippen LogP contribution in [0.3, 0.4) is 0 Å². The van der Waals surface area contributed by atoms with Gasteiger partial charge in [0.15, 0.2) is 22.3 Å². The van der Waals surface area contributed by atoms with E-state index in [2.05, 4.69) is 60.1 Å². The number of imidazole rings is 2. The molecule has 0 aliphatic carbocycles. The van der Waals surface area contributed by atoms with Crippen molar-refractivity contribution in [2.45, 2.75) is 45.3 Å². The summed E-state index contributed by atoms with van der Waals surface area (Å²) in [6.07, 6.45) is 3.12. The van der Waals surface area contributed by atoms with Gasteiger partial charge < -0.3 is 30.1 Å². The maximum absolute atomic E-state index is 13.4. The van der Waals surface area contributed by atoms with Crippen LogP contribution in [-0.4, -0.2) is 102 Å². The Labute approximate surface area is 348 Å². The SMILES string of the molecule is Cn1c(=O)[nH]c(=O)c2c1nc(N1CCCNCC1)n2CCc1ccccc1.Cn1c(=O)n(CCCO)c(=O)c2c1nc(N1CCCNCC1)n2Cc1ccccc1I. The maximum atomic E-state index is 13.4. The second-order valence-corrected chi connectivity index (χ2v) is 15.8. The van der Waals surface area contributed by atoms with Crippen molar-refractivity contribution < 1.29 is 5.11 Å². The van der Waals surface area contributed by atoms with Gasteiger partial charge in [0.25, 0.3) is 11.1 Å². The number of hydrogen-bond donors (Lipinski definition) is 4. The fraction of sp³-hybridized carbons (Fsp3) is 0.450. The number of anilines is 2. The summed E-state index contributed by atoms with van der Waals surface area (Å²) in [5.41, 5.74) is 2.41. The maximum Gasteiger partial charge on any atom is 0.332 e. The van der Waals surface area contributed by atoms with Crippen LogP contribution in [0.1, 0.15) is 30.4 Å². The predicted molar refractivity (Wildman–Crippen MR) is 234 cm³/mol. The van der Waals surface area contributed by atoms with Gasteiger partial charge in [0, 0.05) is 76.6 Å². The van der Waals surface area contributed by atoms with Gasteiger partial charge in [-0.15, -0.1) is 0 Å². The Balaban J connectivity index is 0.000000178. The summed E-state index contributed by atoms with van der Waals surface area (Å²) in [7, 11) is 3.29. The van der Waals surface area contributed by atoms with Crippen molar-refractivity contribution in [2.75, 3.05) is 68.8 Å². The molecule has 0 atom stereocenters. The van der Waals surface area contributed by atoms with Crippen LogP contribution in [0.25, 0.3) is 22.3 Å². The standard InChI is InChI=1S/C21H27IN6O3.C19H24N6O2/c1-25-18-17(19(30)27(21(25)31)11-5-13-29)28(14-15-6-2-3-7-16(15)22)20(24-18)26-10-4-8-23-9-12-26;1-23-16-15(17(26)22-19(23)27)25(12-8-14-6-3-2-4-7-14)18(21-16)24-11-5-9-20-10-13-24/h2-3,6-7,23,29H,4-5,8-14H2,1H3;2-4,6-7,20H,5,8-13H2,1H3,(H,22,26,27). The van der Waals surface area contributed by atoms with E-state index >= 15 is 0 Å². The molecule has 2 aliphatic heterocycles. The zero-order valence-electron chi connectivity index (χ0n) is 33.0. The highest BCUT2D eigenvalue weighted by Gasteiger charge is 2.25. The molecule has 0 unspecified atom stereocenters. The van der Waals surface area contributed by atoms with Crippen molar-refractivity contribution in [3.8, 4) is 0 Å². The molecule has 2 aromatic carbocycles. The number of fused-ring (bicyclic) bond motifs is 2. The number of aromatic amines is 1. The van der Waals surface area contributed by atoms with Crippen LogP contribution in [0.2, 0.25) is 0 Å². The molecule has 8 rings (SSSR count). The summed E-state index contributed by atoms with van der Waals surface area (Å²) >= 11 is 2.30. The van der Waals surface area contributed by atoms with Crippen molar-refractivity contribution in [3.63, 3.8) is 0 Å². The summed E-state index contributed by atoms with van der Waals surface area (Å²) in [5, 5.41) is 16.0. The van der Waals surface area contributed by atoms with Crippen LogP contribution >= 0.6 is 22.6 Å². The van der Waals surface area contributed by atoms with E-state index < -0.39 is 11.4 Å². The molecule has 58 heavy (non-hydrogen) atoms. The van der Waals surface area contributed by atoms with Crippen molar-refractivity contribution >= 4 is 56.8 Å². The molecular formula is C40H51IN12O5. The average molecular weight is 907 g/mol. The van der Waals surface area contributed by atoms with E-state index in [1.807, 2.05) is 51.6 Å². The molecule has 6 aromatic rings. The number of benzene rings is 2. The van der Waals surface area contributed by atoms with Gasteiger partial charge in [0.1, 0.15) is 0 Å². The van der Waals surface area contributed by atoms with Crippen LogP contribution in [0.4, 0.5) is 11.9 Å². The summed E-state index contributed by atoms with van der Waals surface area (Å²) in [6.45, 7) is 8.13. The number of rotatable bonds is 10. The third-order valence-electron chi connectivity index (χ3n) is 10.7. The number of aliphatic hydroxyl groups excluding tert-OH is 1. The molecule has 4 aromatic heterocycles. The molecular weight excluding hydrogens is 855 g/mol. The van der Waals surface area contributed by atoms with Gasteiger partial charge in [0.05, 0.1) is 6.54 Å². The molecule has 0 bridgehead atoms. The summed E-state index contributed by atoms with van der Waals surface area (Å²) in [6, 6.07) is 18.2. The number of aromatic nitrogens is 8.